The summed E-state index contributed by atoms with van der Waals surface area (Å²) in [5, 5.41) is 60.3. The molecule has 3 unspecified atom stereocenters. The molecule has 0 aromatic carbocycles. The van der Waals surface area contributed by atoms with Crippen molar-refractivity contribution in [2.75, 3.05) is 13.2 Å². The number of aliphatic hydroxyl groups excluding tert-OH is 6. The summed E-state index contributed by atoms with van der Waals surface area (Å²) >= 11 is 0. The van der Waals surface area contributed by atoms with Crippen LogP contribution in [0.25, 0.3) is 0 Å². The number of phosphoric ester groups is 1. The Balaban J connectivity index is 2.58. The average Bonchev–Trinajstić information content (AvgIpc) is 3.29. The van der Waals surface area contributed by atoms with Gasteiger partial charge in [-0.3, -0.25) is 18.6 Å². The predicted octanol–water partition coefficient (Wildman–Crippen LogP) is 8.58. The maximum Gasteiger partial charge on any atom is 0.472 e. The fraction of sp³-hybridized carbons (Fsp3) is 0.608. The maximum atomic E-state index is 12.8. The van der Waals surface area contributed by atoms with Crippen molar-refractivity contribution in [2.24, 2.45) is 0 Å². The molecule has 0 heterocycles. The molecule has 0 aromatic heterocycles. The van der Waals surface area contributed by atoms with Crippen LogP contribution in [0.3, 0.4) is 0 Å². The van der Waals surface area contributed by atoms with Gasteiger partial charge in [-0.1, -0.05) is 149 Å². The highest BCUT2D eigenvalue weighted by atomic mass is 31.2. The lowest BCUT2D eigenvalue weighted by atomic mass is 9.85. The monoisotopic (exact) mass is 949 g/mol. The molecule has 374 valence electrons. The van der Waals surface area contributed by atoms with Gasteiger partial charge in [-0.2, -0.15) is 0 Å². The minimum absolute atomic E-state index is 0.0348. The first kappa shape index (κ1) is 60.5. The minimum Gasteiger partial charge on any atom is -0.462 e. The van der Waals surface area contributed by atoms with Gasteiger partial charge in [0.05, 0.1) is 12.7 Å². The Morgan fingerprint density at radius 2 is 1.02 bits per heavy atom. The van der Waals surface area contributed by atoms with Gasteiger partial charge in [0.2, 0.25) is 0 Å². The van der Waals surface area contributed by atoms with Crippen LogP contribution in [0.1, 0.15) is 136 Å². The Kier molecular flexibility index (Phi) is 36.2. The van der Waals surface area contributed by atoms with Crippen LogP contribution >= 0.6 is 7.82 Å². The largest absolute Gasteiger partial charge is 0.472 e. The van der Waals surface area contributed by atoms with E-state index >= 15 is 0 Å². The van der Waals surface area contributed by atoms with Crippen LogP contribution < -0.4 is 0 Å². The summed E-state index contributed by atoms with van der Waals surface area (Å²) in [7, 11) is -5.17. The third-order valence-corrected chi connectivity index (χ3v) is 11.2. The minimum atomic E-state index is -5.17. The van der Waals surface area contributed by atoms with Crippen molar-refractivity contribution in [3.63, 3.8) is 0 Å². The molecule has 0 spiro atoms. The van der Waals surface area contributed by atoms with Crippen molar-refractivity contribution in [2.45, 2.75) is 185 Å². The van der Waals surface area contributed by atoms with Crippen molar-refractivity contribution < 1.29 is 68.2 Å². The zero-order chi connectivity index (χ0) is 48.7. The molecule has 66 heavy (non-hydrogen) atoms. The molecule has 14 nitrogen and oxygen atoms in total. The molecule has 0 bridgehead atoms. The molecule has 1 rings (SSSR count). The molecule has 9 atom stereocenters. The molecule has 0 radical (unpaired) electrons. The number of carbonyl (C=O) groups is 2. The van der Waals surface area contributed by atoms with Crippen molar-refractivity contribution in [3.8, 4) is 0 Å². The van der Waals surface area contributed by atoms with E-state index in [0.717, 1.165) is 32.1 Å². The van der Waals surface area contributed by atoms with E-state index in [1.54, 1.807) is 6.08 Å². The zero-order valence-corrected chi connectivity index (χ0v) is 40.2. The molecule has 1 aliphatic carbocycles. The van der Waals surface area contributed by atoms with Crippen LogP contribution in [0, 0.1) is 0 Å². The summed E-state index contributed by atoms with van der Waals surface area (Å²) in [5.74, 6) is -1.31. The normalized spacial score (nSPS) is 22.7. The van der Waals surface area contributed by atoms with Gasteiger partial charge in [0.25, 0.3) is 0 Å². The second kappa shape index (κ2) is 39.5. The molecule has 1 saturated carbocycles. The number of rotatable bonds is 37. The quantitative estimate of drug-likeness (QED) is 0.0102. The second-order valence-corrected chi connectivity index (χ2v) is 17.5. The van der Waals surface area contributed by atoms with Crippen LogP contribution in [-0.4, -0.2) is 110 Å². The smallest absolute Gasteiger partial charge is 0.462 e. The molecule has 0 amide bonds. The lowest BCUT2D eigenvalue weighted by Gasteiger charge is -2.41. The Bertz CT molecular complexity index is 1580. The van der Waals surface area contributed by atoms with Gasteiger partial charge in [0, 0.05) is 12.8 Å². The molecule has 1 fully saturated rings. The number of ether oxygens (including phenoxy) is 2. The first-order valence-corrected chi connectivity index (χ1v) is 25.3. The molecule has 0 aromatic rings. The number of esters is 2. The summed E-state index contributed by atoms with van der Waals surface area (Å²) in [4.78, 5) is 35.7. The molecule has 0 aliphatic heterocycles. The first-order chi connectivity index (χ1) is 31.8. The third-order valence-electron chi connectivity index (χ3n) is 10.2. The Morgan fingerprint density at radius 3 is 1.56 bits per heavy atom. The molecule has 7 N–H and O–H groups in total. The molecule has 0 saturated heterocycles. The van der Waals surface area contributed by atoms with Crippen molar-refractivity contribution in [1.29, 1.82) is 0 Å². The van der Waals surface area contributed by atoms with E-state index in [2.05, 4.69) is 62.5 Å². The van der Waals surface area contributed by atoms with Crippen LogP contribution in [-0.2, 0) is 32.7 Å². The summed E-state index contributed by atoms with van der Waals surface area (Å²) in [6, 6.07) is 0. The van der Waals surface area contributed by atoms with Crippen LogP contribution in [0.4, 0.5) is 0 Å². The van der Waals surface area contributed by atoms with Crippen LogP contribution in [0.5, 0.6) is 0 Å². The van der Waals surface area contributed by atoms with Crippen LogP contribution in [0.15, 0.2) is 109 Å². The van der Waals surface area contributed by atoms with Gasteiger partial charge in [-0.15, -0.1) is 0 Å². The van der Waals surface area contributed by atoms with Gasteiger partial charge < -0.3 is 45.0 Å². The van der Waals surface area contributed by atoms with Gasteiger partial charge in [0.1, 0.15) is 43.2 Å². The highest BCUT2D eigenvalue weighted by Crippen LogP contribution is 2.47. The predicted molar refractivity (Wildman–Crippen MR) is 259 cm³/mol. The van der Waals surface area contributed by atoms with E-state index in [4.69, 9.17) is 18.5 Å². The third kappa shape index (κ3) is 31.4. The number of carbonyl (C=O) groups excluding carboxylic acids is 2. The van der Waals surface area contributed by atoms with E-state index in [1.807, 2.05) is 54.7 Å². The Labute approximate surface area is 394 Å². The SMILES string of the molecule is CCCCC/C=C\C=C/[C@@H](O)C/C=C\C/C=C/CCCC(=O)OC[C@H](COP(=O)(O)OC1[C@H](O)[C@H](O)C(O)[C@H](O)[C@H]1O)OC(=O)CC/C=C\C/C=C\C/C=C\C/C=C\C/C=C\CCCCC. The Morgan fingerprint density at radius 1 is 0.545 bits per heavy atom. The molecular weight excluding hydrogens is 868 g/mol. The highest BCUT2D eigenvalue weighted by molar-refractivity contribution is 7.47. The summed E-state index contributed by atoms with van der Waals surface area (Å²) in [6.07, 6.45) is 37.4. The number of allylic oxidation sites excluding steroid dienone is 16. The van der Waals surface area contributed by atoms with E-state index < -0.39 is 81.8 Å². The Hall–Kier alpha value is -3.53. The summed E-state index contributed by atoms with van der Waals surface area (Å²) in [5.41, 5.74) is 0. The zero-order valence-electron chi connectivity index (χ0n) is 39.3. The maximum absolute atomic E-state index is 12.8. The highest BCUT2D eigenvalue weighted by Gasteiger charge is 2.51. The van der Waals surface area contributed by atoms with E-state index in [0.29, 0.717) is 38.5 Å². The number of hydrogen-bond donors (Lipinski definition) is 7. The lowest BCUT2D eigenvalue weighted by Crippen LogP contribution is -2.64. The fourth-order valence-corrected chi connectivity index (χ4v) is 7.25. The van der Waals surface area contributed by atoms with Crippen molar-refractivity contribution in [1.82, 2.24) is 0 Å². The standard InChI is InChI=1S/C51H81O14P/c1-3-5-7-9-11-12-13-14-15-16-17-18-19-20-21-22-26-31-35-39-45(54)64-43(41-63-66(60,61)65-51-49(58)47(56)46(55)48(57)50(51)59)40-62-44(53)38-34-30-27-23-25-29-33-37-42(52)36-32-28-24-10-8-6-4-2/h11-12,14-15,17-18,20-21,23-24,26-29,31-33,36,42-43,46-52,55-59H,3-10,13,16,19,22,25,30,34-35,37-41H2,1-2H3,(H,60,61)/b12-11-,15-14-,18-17-,21-20-,27-23+,28-24-,31-26-,33-29-,36-32-/t42-,43-,46?,47-,48+,49-,50-,51?/m1/s1. The van der Waals surface area contributed by atoms with Crippen molar-refractivity contribution in [3.05, 3.63) is 109 Å². The van der Waals surface area contributed by atoms with Crippen LogP contribution in [0.2, 0.25) is 0 Å². The number of hydrogen-bond acceptors (Lipinski definition) is 13. The number of unbranched alkanes of at least 4 members (excludes halogenated alkanes) is 7. The molecular formula is C51H81O14P. The van der Waals surface area contributed by atoms with E-state index in [9.17, 15) is 49.7 Å². The number of aliphatic hydroxyl groups is 6. The topological polar surface area (TPSA) is 230 Å². The van der Waals surface area contributed by atoms with Crippen molar-refractivity contribution >= 4 is 19.8 Å². The van der Waals surface area contributed by atoms with Gasteiger partial charge in [-0.25, -0.2) is 4.57 Å². The van der Waals surface area contributed by atoms with Gasteiger partial charge in [-0.05, 0) is 83.5 Å². The first-order valence-electron chi connectivity index (χ1n) is 23.8. The van der Waals surface area contributed by atoms with E-state index in [-0.39, 0.29) is 12.8 Å². The fourth-order valence-electron chi connectivity index (χ4n) is 6.28. The van der Waals surface area contributed by atoms with E-state index in [1.165, 1.54) is 38.5 Å². The summed E-state index contributed by atoms with van der Waals surface area (Å²) < 4.78 is 33.4. The van der Waals surface area contributed by atoms with Gasteiger partial charge in [0.15, 0.2) is 6.10 Å². The second-order valence-electron chi connectivity index (χ2n) is 16.1. The molecule has 15 heteroatoms. The van der Waals surface area contributed by atoms with Gasteiger partial charge >= 0.3 is 19.8 Å². The lowest BCUT2D eigenvalue weighted by molar-refractivity contribution is -0.220. The average molecular weight is 949 g/mol. The summed E-state index contributed by atoms with van der Waals surface area (Å²) in [6.45, 7) is 3.04. The number of phosphoric acid groups is 1. The molecule has 1 aliphatic rings.